The summed E-state index contributed by atoms with van der Waals surface area (Å²) in [7, 11) is 0. The first-order valence-electron chi connectivity index (χ1n) is 8.37. The predicted molar refractivity (Wildman–Crippen MR) is 93.4 cm³/mol. The molecule has 2 rings (SSSR count). The average Bonchev–Trinajstić information content (AvgIpc) is 2.98. The Morgan fingerprint density at radius 1 is 1.29 bits per heavy atom. The number of nitrogens with zero attached hydrogens (tertiary/aromatic N) is 2. The van der Waals surface area contributed by atoms with Crippen LogP contribution in [-0.2, 0) is 12.0 Å². The quantitative estimate of drug-likeness (QED) is 0.878. The molecule has 1 aromatic heterocycles. The number of thiazole rings is 1. The van der Waals surface area contributed by atoms with Crippen molar-refractivity contribution >= 4 is 16.5 Å². The lowest BCUT2D eigenvalue weighted by Crippen LogP contribution is -2.34. The maximum absolute atomic E-state index is 5.07. The van der Waals surface area contributed by atoms with Gasteiger partial charge in [0.1, 0.15) is 0 Å². The summed E-state index contributed by atoms with van der Waals surface area (Å²) >= 11 is 1.90. The molecular weight excluding hydrogens is 278 g/mol. The van der Waals surface area contributed by atoms with Crippen LogP contribution in [0.4, 0.5) is 5.13 Å². The van der Waals surface area contributed by atoms with E-state index in [1.54, 1.807) is 0 Å². The number of anilines is 1. The highest BCUT2D eigenvalue weighted by Crippen LogP contribution is 2.39. The van der Waals surface area contributed by atoms with Crippen LogP contribution in [0.5, 0.6) is 0 Å². The van der Waals surface area contributed by atoms with Crippen molar-refractivity contribution in [3.8, 4) is 0 Å². The maximum atomic E-state index is 5.07. The second-order valence-corrected chi connectivity index (χ2v) is 8.26. The molecule has 0 aliphatic carbocycles. The second kappa shape index (κ2) is 6.66. The Morgan fingerprint density at radius 2 is 2.00 bits per heavy atom. The van der Waals surface area contributed by atoms with Crippen LogP contribution < -0.4 is 10.2 Å². The van der Waals surface area contributed by atoms with Crippen molar-refractivity contribution in [2.24, 2.45) is 0 Å². The van der Waals surface area contributed by atoms with Crippen LogP contribution >= 0.6 is 11.3 Å². The Labute approximate surface area is 134 Å². The molecule has 21 heavy (non-hydrogen) atoms. The first-order chi connectivity index (χ1) is 9.88. The minimum absolute atomic E-state index is 0.115. The Kier molecular flexibility index (Phi) is 5.31. The number of hydrogen-bond donors (Lipinski definition) is 1. The fourth-order valence-electron chi connectivity index (χ4n) is 3.21. The zero-order chi connectivity index (χ0) is 15.6. The van der Waals surface area contributed by atoms with E-state index in [1.165, 1.54) is 35.0 Å². The topological polar surface area (TPSA) is 28.2 Å². The highest BCUT2D eigenvalue weighted by molar-refractivity contribution is 7.15. The molecule has 0 spiro atoms. The predicted octanol–water partition coefficient (Wildman–Crippen LogP) is 4.32. The fraction of sp³-hybridized carbons (Fsp3) is 0.824. The molecule has 1 aliphatic rings. The molecule has 1 N–H and O–H groups in total. The molecule has 3 nitrogen and oxygen atoms in total. The molecule has 0 amide bonds. The Bertz CT molecular complexity index is 461. The zero-order valence-electron chi connectivity index (χ0n) is 14.5. The fourth-order valence-corrected chi connectivity index (χ4v) is 4.63. The van der Waals surface area contributed by atoms with Gasteiger partial charge in [0.2, 0.25) is 0 Å². The van der Waals surface area contributed by atoms with Gasteiger partial charge in [0, 0.05) is 28.9 Å². The summed E-state index contributed by atoms with van der Waals surface area (Å²) in [6.07, 6.45) is 3.83. The van der Waals surface area contributed by atoms with Gasteiger partial charge in [-0.1, -0.05) is 34.6 Å². The lowest BCUT2D eigenvalue weighted by atomic mass is 9.91. The molecule has 0 radical (unpaired) electrons. The molecule has 1 aromatic rings. The van der Waals surface area contributed by atoms with Crippen LogP contribution in [0.1, 0.15) is 71.4 Å². The van der Waals surface area contributed by atoms with Gasteiger partial charge in [-0.15, -0.1) is 11.3 Å². The smallest absolute Gasteiger partial charge is 0.186 e. The molecule has 0 bridgehead atoms. The van der Waals surface area contributed by atoms with Crippen LogP contribution in [0.2, 0.25) is 0 Å². The largest absolute Gasteiger partial charge is 0.342 e. The highest BCUT2D eigenvalue weighted by Gasteiger charge is 2.33. The van der Waals surface area contributed by atoms with E-state index in [2.05, 4.69) is 51.8 Å². The molecule has 1 saturated heterocycles. The van der Waals surface area contributed by atoms with E-state index in [4.69, 9.17) is 4.98 Å². The lowest BCUT2D eigenvalue weighted by Gasteiger charge is -2.27. The normalized spacial score (nSPS) is 23.0. The standard InChI is InChI=1S/C17H31N3S/c1-7-13-10-9-12(3)20(13)16-19-15(17(4,5)6)14(21-16)11-18-8-2/h12-13,18H,7-11H2,1-6H3. The Morgan fingerprint density at radius 3 is 2.57 bits per heavy atom. The summed E-state index contributed by atoms with van der Waals surface area (Å²) in [6, 6.07) is 1.30. The van der Waals surface area contributed by atoms with Gasteiger partial charge in [-0.25, -0.2) is 4.98 Å². The van der Waals surface area contributed by atoms with Gasteiger partial charge in [-0.3, -0.25) is 0 Å². The van der Waals surface area contributed by atoms with Crippen molar-refractivity contribution in [2.45, 2.75) is 84.8 Å². The molecule has 2 heterocycles. The van der Waals surface area contributed by atoms with Gasteiger partial charge in [-0.2, -0.15) is 0 Å². The van der Waals surface area contributed by atoms with E-state index in [1.807, 2.05) is 11.3 Å². The molecular formula is C17H31N3S. The van der Waals surface area contributed by atoms with Crippen molar-refractivity contribution in [1.29, 1.82) is 0 Å². The molecule has 4 heteroatoms. The van der Waals surface area contributed by atoms with E-state index in [-0.39, 0.29) is 5.41 Å². The van der Waals surface area contributed by atoms with E-state index in [0.717, 1.165) is 13.1 Å². The maximum Gasteiger partial charge on any atom is 0.186 e. The third kappa shape index (κ3) is 3.59. The SMILES string of the molecule is CCNCc1sc(N2C(C)CCC2CC)nc1C(C)(C)C. The van der Waals surface area contributed by atoms with Crippen LogP contribution in [0.25, 0.3) is 0 Å². The number of rotatable bonds is 5. The van der Waals surface area contributed by atoms with Crippen LogP contribution in [0.3, 0.4) is 0 Å². The first-order valence-corrected chi connectivity index (χ1v) is 9.19. The number of hydrogen-bond acceptors (Lipinski definition) is 4. The van der Waals surface area contributed by atoms with Crippen LogP contribution in [-0.4, -0.2) is 23.6 Å². The lowest BCUT2D eigenvalue weighted by molar-refractivity contribution is 0.557. The van der Waals surface area contributed by atoms with E-state index >= 15 is 0 Å². The van der Waals surface area contributed by atoms with Crippen molar-refractivity contribution in [1.82, 2.24) is 10.3 Å². The van der Waals surface area contributed by atoms with Gasteiger partial charge in [0.25, 0.3) is 0 Å². The van der Waals surface area contributed by atoms with Crippen molar-refractivity contribution < 1.29 is 0 Å². The van der Waals surface area contributed by atoms with E-state index in [9.17, 15) is 0 Å². The van der Waals surface area contributed by atoms with Crippen molar-refractivity contribution in [3.05, 3.63) is 10.6 Å². The molecule has 1 fully saturated rings. The average molecular weight is 310 g/mol. The third-order valence-corrected chi connectivity index (χ3v) is 5.48. The van der Waals surface area contributed by atoms with Crippen LogP contribution in [0.15, 0.2) is 0 Å². The molecule has 120 valence electrons. The number of aromatic nitrogens is 1. The van der Waals surface area contributed by atoms with Crippen molar-refractivity contribution in [2.75, 3.05) is 11.4 Å². The summed E-state index contributed by atoms with van der Waals surface area (Å²) in [5, 5.41) is 4.71. The summed E-state index contributed by atoms with van der Waals surface area (Å²) in [4.78, 5) is 9.06. The first kappa shape index (κ1) is 16.8. The minimum atomic E-state index is 0.115. The molecule has 0 aromatic carbocycles. The van der Waals surface area contributed by atoms with E-state index in [0.29, 0.717) is 12.1 Å². The minimum Gasteiger partial charge on any atom is -0.342 e. The second-order valence-electron chi connectivity index (χ2n) is 7.19. The van der Waals surface area contributed by atoms with Gasteiger partial charge < -0.3 is 10.2 Å². The third-order valence-electron chi connectivity index (χ3n) is 4.41. The summed E-state index contributed by atoms with van der Waals surface area (Å²) in [5.41, 5.74) is 1.39. The molecule has 2 unspecified atom stereocenters. The zero-order valence-corrected chi connectivity index (χ0v) is 15.3. The Balaban J connectivity index is 2.34. The van der Waals surface area contributed by atoms with Crippen LogP contribution in [0, 0.1) is 0 Å². The number of nitrogens with one attached hydrogen (secondary N) is 1. The van der Waals surface area contributed by atoms with Crippen molar-refractivity contribution in [3.63, 3.8) is 0 Å². The van der Waals surface area contributed by atoms with E-state index < -0.39 is 0 Å². The molecule has 2 atom stereocenters. The Hall–Kier alpha value is -0.610. The van der Waals surface area contributed by atoms with Gasteiger partial charge >= 0.3 is 0 Å². The van der Waals surface area contributed by atoms with Gasteiger partial charge in [0.15, 0.2) is 5.13 Å². The monoisotopic (exact) mass is 309 g/mol. The molecule has 1 aliphatic heterocycles. The molecule has 0 saturated carbocycles. The summed E-state index contributed by atoms with van der Waals surface area (Å²) in [5.74, 6) is 0. The highest BCUT2D eigenvalue weighted by atomic mass is 32.1. The summed E-state index contributed by atoms with van der Waals surface area (Å²) in [6.45, 7) is 15.6. The van der Waals surface area contributed by atoms with Gasteiger partial charge in [0.05, 0.1) is 5.69 Å². The summed E-state index contributed by atoms with van der Waals surface area (Å²) < 4.78 is 0. The van der Waals surface area contributed by atoms with Gasteiger partial charge in [-0.05, 0) is 32.7 Å².